The molecule has 1 atom stereocenters. The van der Waals surface area contributed by atoms with Crippen molar-refractivity contribution in [2.75, 3.05) is 13.1 Å². The zero-order valence-corrected chi connectivity index (χ0v) is 17.6. The molecule has 0 bridgehead atoms. The van der Waals surface area contributed by atoms with Crippen LogP contribution in [0.3, 0.4) is 0 Å². The largest absolute Gasteiger partial charge is 0.340 e. The van der Waals surface area contributed by atoms with Gasteiger partial charge in [0, 0.05) is 31.6 Å². The third kappa shape index (κ3) is 3.47. The van der Waals surface area contributed by atoms with Crippen molar-refractivity contribution in [3.8, 4) is 22.5 Å². The average molecular weight is 423 g/mol. The number of carbonyl (C=O) groups is 1. The molecule has 5 nitrogen and oxygen atoms in total. The van der Waals surface area contributed by atoms with Gasteiger partial charge in [-0.3, -0.25) is 9.36 Å². The molecule has 0 radical (unpaired) electrons. The molecule has 2 fully saturated rings. The van der Waals surface area contributed by atoms with Gasteiger partial charge in [-0.25, -0.2) is 9.07 Å². The lowest BCUT2D eigenvalue weighted by Gasteiger charge is -2.18. The van der Waals surface area contributed by atoms with Gasteiger partial charge in [0.2, 0.25) is 5.91 Å². The van der Waals surface area contributed by atoms with E-state index >= 15 is 0 Å². The summed E-state index contributed by atoms with van der Waals surface area (Å²) >= 11 is 5.66. The van der Waals surface area contributed by atoms with Crippen LogP contribution in [0.5, 0.6) is 0 Å². The van der Waals surface area contributed by atoms with Crippen molar-refractivity contribution >= 4 is 18.1 Å². The van der Waals surface area contributed by atoms with Gasteiger partial charge < -0.3 is 4.90 Å². The molecule has 1 saturated carbocycles. The number of rotatable bonds is 4. The van der Waals surface area contributed by atoms with Crippen LogP contribution in [0.1, 0.15) is 25.3 Å². The molecule has 1 unspecified atom stereocenters. The number of halogens is 1. The SMILES string of the molecule is Cn1nc(-c2ccc(-c3ccc(F)cc3)cc2)n(C2CCN(C(=O)C3CC3)C2)c1=S. The second kappa shape index (κ2) is 7.47. The molecule has 0 N–H and O–H groups in total. The quantitative estimate of drug-likeness (QED) is 0.577. The molecule has 30 heavy (non-hydrogen) atoms. The summed E-state index contributed by atoms with van der Waals surface area (Å²) in [7, 11) is 1.86. The van der Waals surface area contributed by atoms with Gasteiger partial charge in [0.05, 0.1) is 6.04 Å². The number of hydrogen-bond donors (Lipinski definition) is 0. The maximum atomic E-state index is 13.2. The molecule has 1 aliphatic heterocycles. The summed E-state index contributed by atoms with van der Waals surface area (Å²) in [4.78, 5) is 14.5. The number of aromatic nitrogens is 3. The molecule has 0 spiro atoms. The molecule has 154 valence electrons. The Morgan fingerprint density at radius 2 is 1.60 bits per heavy atom. The molecule has 1 saturated heterocycles. The van der Waals surface area contributed by atoms with Crippen LogP contribution < -0.4 is 0 Å². The molecule has 2 heterocycles. The fourth-order valence-corrected chi connectivity index (χ4v) is 4.48. The fourth-order valence-electron chi connectivity index (χ4n) is 4.20. The molecular weight excluding hydrogens is 399 g/mol. The van der Waals surface area contributed by atoms with Gasteiger partial charge in [-0.2, -0.15) is 5.10 Å². The molecule has 7 heteroatoms. The lowest BCUT2D eigenvalue weighted by molar-refractivity contribution is -0.131. The first kappa shape index (κ1) is 19.2. The second-order valence-corrected chi connectivity index (χ2v) is 8.55. The van der Waals surface area contributed by atoms with Crippen LogP contribution in [0.2, 0.25) is 0 Å². The molecule has 2 aliphatic rings. The normalized spacial score (nSPS) is 18.7. The van der Waals surface area contributed by atoms with Gasteiger partial charge in [-0.1, -0.05) is 36.4 Å². The second-order valence-electron chi connectivity index (χ2n) is 8.19. The van der Waals surface area contributed by atoms with Crippen LogP contribution in [0.25, 0.3) is 22.5 Å². The van der Waals surface area contributed by atoms with Gasteiger partial charge in [0.25, 0.3) is 0 Å². The van der Waals surface area contributed by atoms with Crippen LogP contribution in [-0.2, 0) is 11.8 Å². The van der Waals surface area contributed by atoms with Crippen LogP contribution in [0.15, 0.2) is 48.5 Å². The van der Waals surface area contributed by atoms with Crippen molar-refractivity contribution in [1.82, 2.24) is 19.2 Å². The van der Waals surface area contributed by atoms with E-state index in [4.69, 9.17) is 12.2 Å². The van der Waals surface area contributed by atoms with Gasteiger partial charge in [-0.05, 0) is 54.7 Å². The van der Waals surface area contributed by atoms with Crippen molar-refractivity contribution in [2.45, 2.75) is 25.3 Å². The Bertz CT molecular complexity index is 1150. The van der Waals surface area contributed by atoms with Gasteiger partial charge in [0.15, 0.2) is 10.6 Å². The van der Waals surface area contributed by atoms with Crippen molar-refractivity contribution in [3.63, 3.8) is 0 Å². The number of nitrogens with zero attached hydrogens (tertiary/aromatic N) is 4. The molecule has 1 aliphatic carbocycles. The summed E-state index contributed by atoms with van der Waals surface area (Å²) in [5.74, 6) is 1.11. The minimum Gasteiger partial charge on any atom is -0.340 e. The number of benzene rings is 2. The number of likely N-dealkylation sites (tertiary alicyclic amines) is 1. The van der Waals surface area contributed by atoms with Gasteiger partial charge in [-0.15, -0.1) is 0 Å². The first-order valence-electron chi connectivity index (χ1n) is 10.3. The van der Waals surface area contributed by atoms with Crippen molar-refractivity contribution in [3.05, 3.63) is 59.1 Å². The Kier molecular flexibility index (Phi) is 4.77. The predicted octanol–water partition coefficient (Wildman–Crippen LogP) is 4.61. The van der Waals surface area contributed by atoms with Crippen LogP contribution in [0.4, 0.5) is 4.39 Å². The predicted molar refractivity (Wildman–Crippen MR) is 116 cm³/mol. The molecular formula is C23H23FN4OS. The smallest absolute Gasteiger partial charge is 0.225 e. The zero-order valence-electron chi connectivity index (χ0n) is 16.8. The van der Waals surface area contributed by atoms with E-state index in [1.54, 1.807) is 16.8 Å². The van der Waals surface area contributed by atoms with Crippen LogP contribution >= 0.6 is 12.2 Å². The Hall–Kier alpha value is -2.80. The van der Waals surface area contributed by atoms with Crippen LogP contribution in [0, 0.1) is 16.5 Å². The van der Waals surface area contributed by atoms with E-state index in [1.807, 2.05) is 36.2 Å². The van der Waals surface area contributed by atoms with Gasteiger partial charge in [0.1, 0.15) is 5.82 Å². The minimum atomic E-state index is -0.242. The van der Waals surface area contributed by atoms with E-state index in [-0.39, 0.29) is 23.7 Å². The highest BCUT2D eigenvalue weighted by atomic mass is 32.1. The van der Waals surface area contributed by atoms with Crippen molar-refractivity contribution in [1.29, 1.82) is 0 Å². The van der Waals surface area contributed by atoms with Gasteiger partial charge >= 0.3 is 0 Å². The summed E-state index contributed by atoms with van der Waals surface area (Å²) < 4.78 is 17.7. The first-order chi connectivity index (χ1) is 14.5. The number of amides is 1. The monoisotopic (exact) mass is 422 g/mol. The van der Waals surface area contributed by atoms with E-state index in [0.717, 1.165) is 48.3 Å². The highest BCUT2D eigenvalue weighted by Crippen LogP contribution is 2.35. The Labute approximate surface area is 179 Å². The lowest BCUT2D eigenvalue weighted by atomic mass is 10.0. The summed E-state index contributed by atoms with van der Waals surface area (Å²) in [5, 5.41) is 4.68. The molecule has 1 amide bonds. The minimum absolute atomic E-state index is 0.140. The highest BCUT2D eigenvalue weighted by molar-refractivity contribution is 7.71. The zero-order chi connectivity index (χ0) is 20.8. The summed E-state index contributed by atoms with van der Waals surface area (Å²) in [5.41, 5.74) is 2.95. The molecule has 2 aromatic carbocycles. The number of hydrogen-bond acceptors (Lipinski definition) is 3. The fraction of sp³-hybridized carbons (Fsp3) is 0.348. The lowest BCUT2D eigenvalue weighted by Crippen LogP contribution is -2.30. The van der Waals surface area contributed by atoms with Crippen molar-refractivity contribution in [2.24, 2.45) is 13.0 Å². The first-order valence-corrected chi connectivity index (χ1v) is 10.7. The molecule has 5 rings (SSSR count). The van der Waals surface area contributed by atoms with E-state index in [2.05, 4.69) is 9.67 Å². The Morgan fingerprint density at radius 3 is 2.23 bits per heavy atom. The topological polar surface area (TPSA) is 43.1 Å². The summed E-state index contributed by atoms with van der Waals surface area (Å²) in [6, 6.07) is 14.7. The Morgan fingerprint density at radius 1 is 1.00 bits per heavy atom. The maximum Gasteiger partial charge on any atom is 0.225 e. The standard InChI is InChI=1S/C23H23FN4OS/c1-26-23(30)28(20-12-13-27(14-20)22(29)18-6-7-18)21(25-26)17-4-2-15(3-5-17)16-8-10-19(24)11-9-16/h2-5,8-11,18,20H,6-7,12-14H2,1H3. The van der Waals surface area contributed by atoms with E-state index in [1.165, 1.54) is 12.1 Å². The van der Waals surface area contributed by atoms with E-state index in [0.29, 0.717) is 11.3 Å². The Balaban J connectivity index is 1.44. The highest BCUT2D eigenvalue weighted by Gasteiger charge is 2.37. The van der Waals surface area contributed by atoms with E-state index < -0.39 is 0 Å². The summed E-state index contributed by atoms with van der Waals surface area (Å²) in [6.07, 6.45) is 2.94. The molecule has 3 aromatic rings. The number of aryl methyl sites for hydroxylation is 1. The maximum absolute atomic E-state index is 13.2. The van der Waals surface area contributed by atoms with E-state index in [9.17, 15) is 9.18 Å². The number of carbonyl (C=O) groups excluding carboxylic acids is 1. The van der Waals surface area contributed by atoms with Crippen molar-refractivity contribution < 1.29 is 9.18 Å². The third-order valence-corrected chi connectivity index (χ3v) is 6.50. The summed E-state index contributed by atoms with van der Waals surface area (Å²) in [6.45, 7) is 1.47. The third-order valence-electron chi connectivity index (χ3n) is 6.04. The molecule has 1 aromatic heterocycles. The average Bonchev–Trinajstić information content (AvgIpc) is 3.43. The van der Waals surface area contributed by atoms with Crippen LogP contribution in [-0.4, -0.2) is 38.2 Å².